The highest BCUT2D eigenvalue weighted by Crippen LogP contribution is 2.22. The largest absolute Gasteiger partial charge is 0.384 e. The van der Waals surface area contributed by atoms with Gasteiger partial charge < -0.3 is 15.7 Å². The second-order valence-electron chi connectivity index (χ2n) is 4.90. The van der Waals surface area contributed by atoms with E-state index in [0.717, 1.165) is 5.56 Å². The molecule has 116 valence electrons. The number of urea groups is 1. The third-order valence-electron chi connectivity index (χ3n) is 3.07. The van der Waals surface area contributed by atoms with Crippen molar-refractivity contribution in [2.24, 2.45) is 0 Å². The molecule has 7 nitrogen and oxygen atoms in total. The van der Waals surface area contributed by atoms with Crippen LogP contribution in [0.2, 0.25) is 0 Å². The predicted octanol–water partition coefficient (Wildman–Crippen LogP) is 2.69. The number of nitrogens with one attached hydrogen (secondary N) is 2. The molecule has 2 amide bonds. The summed E-state index contributed by atoms with van der Waals surface area (Å²) in [6.45, 7) is 1.66. The van der Waals surface area contributed by atoms with E-state index in [1.165, 1.54) is 35.6 Å². The average molecular weight is 321 g/mol. The molecule has 0 fully saturated rings. The highest BCUT2D eigenvalue weighted by molar-refractivity contribution is 7.08. The maximum atomic E-state index is 11.8. The van der Waals surface area contributed by atoms with Crippen LogP contribution in [-0.4, -0.2) is 22.6 Å². The van der Waals surface area contributed by atoms with Crippen molar-refractivity contribution in [2.75, 3.05) is 11.9 Å². The van der Waals surface area contributed by atoms with Crippen LogP contribution in [0.3, 0.4) is 0 Å². The van der Waals surface area contributed by atoms with Gasteiger partial charge in [-0.3, -0.25) is 10.1 Å². The van der Waals surface area contributed by atoms with Gasteiger partial charge in [0.05, 0.1) is 11.5 Å². The number of nitrogens with zero attached hydrogens (tertiary/aromatic N) is 1. The number of carbonyl (C=O) groups excluding carboxylic acids is 1. The molecule has 8 heteroatoms. The Morgan fingerprint density at radius 3 is 2.59 bits per heavy atom. The lowest BCUT2D eigenvalue weighted by molar-refractivity contribution is -0.384. The van der Waals surface area contributed by atoms with Crippen LogP contribution in [0.1, 0.15) is 12.5 Å². The molecule has 22 heavy (non-hydrogen) atoms. The molecule has 1 heterocycles. The van der Waals surface area contributed by atoms with Gasteiger partial charge in [0.1, 0.15) is 5.60 Å². The molecule has 0 bridgehead atoms. The van der Waals surface area contributed by atoms with Crippen LogP contribution < -0.4 is 10.6 Å². The second-order valence-corrected chi connectivity index (χ2v) is 5.68. The molecule has 0 aliphatic carbocycles. The van der Waals surface area contributed by atoms with E-state index < -0.39 is 16.6 Å². The Bertz CT molecular complexity index is 653. The van der Waals surface area contributed by atoms with Crippen molar-refractivity contribution in [2.45, 2.75) is 12.5 Å². The predicted molar refractivity (Wildman–Crippen MR) is 84.0 cm³/mol. The smallest absolute Gasteiger partial charge is 0.319 e. The maximum Gasteiger partial charge on any atom is 0.319 e. The molecule has 0 spiro atoms. The summed E-state index contributed by atoms with van der Waals surface area (Å²) in [6.07, 6.45) is 0. The summed E-state index contributed by atoms with van der Waals surface area (Å²) in [5.41, 5.74) is -0.0509. The number of anilines is 1. The number of thiophene rings is 1. The van der Waals surface area contributed by atoms with E-state index in [-0.39, 0.29) is 12.2 Å². The van der Waals surface area contributed by atoms with Gasteiger partial charge in [-0.15, -0.1) is 0 Å². The Kier molecular flexibility index (Phi) is 4.74. The number of hydrogen-bond donors (Lipinski definition) is 3. The lowest BCUT2D eigenvalue weighted by Crippen LogP contribution is -2.40. The molecule has 1 atom stereocenters. The molecule has 0 saturated heterocycles. The fraction of sp³-hybridized carbons (Fsp3) is 0.214. The summed E-state index contributed by atoms with van der Waals surface area (Å²) < 4.78 is 0. The third-order valence-corrected chi connectivity index (χ3v) is 3.76. The van der Waals surface area contributed by atoms with Gasteiger partial charge in [0.25, 0.3) is 5.69 Å². The molecule has 2 aromatic rings. The molecule has 2 rings (SSSR count). The summed E-state index contributed by atoms with van der Waals surface area (Å²) >= 11 is 1.46. The third kappa shape index (κ3) is 4.03. The van der Waals surface area contributed by atoms with Gasteiger partial charge in [-0.05, 0) is 41.4 Å². The first-order valence-electron chi connectivity index (χ1n) is 6.43. The van der Waals surface area contributed by atoms with E-state index in [1.807, 2.05) is 10.8 Å². The number of rotatable bonds is 5. The van der Waals surface area contributed by atoms with Gasteiger partial charge in [-0.25, -0.2) is 4.79 Å². The summed E-state index contributed by atoms with van der Waals surface area (Å²) in [6, 6.07) is 6.78. The number of benzene rings is 1. The highest BCUT2D eigenvalue weighted by Gasteiger charge is 2.24. The topological polar surface area (TPSA) is 104 Å². The lowest BCUT2D eigenvalue weighted by atomic mass is 9.99. The SMILES string of the molecule is CC(O)(CNC(=O)Nc1ccc([N+](=O)[O-])cc1)c1ccsc1. The van der Waals surface area contributed by atoms with Crippen LogP contribution >= 0.6 is 11.3 Å². The quantitative estimate of drug-likeness (QED) is 0.581. The van der Waals surface area contributed by atoms with Crippen molar-refractivity contribution in [3.05, 3.63) is 56.8 Å². The van der Waals surface area contributed by atoms with Crippen molar-refractivity contribution in [3.63, 3.8) is 0 Å². The number of non-ortho nitro benzene ring substituents is 1. The number of carbonyl (C=O) groups is 1. The van der Waals surface area contributed by atoms with Crippen LogP contribution in [0.4, 0.5) is 16.2 Å². The van der Waals surface area contributed by atoms with Crippen molar-refractivity contribution in [1.82, 2.24) is 5.32 Å². The monoisotopic (exact) mass is 321 g/mol. The van der Waals surface area contributed by atoms with Gasteiger partial charge in [0, 0.05) is 17.8 Å². The van der Waals surface area contributed by atoms with Gasteiger partial charge in [0.15, 0.2) is 0 Å². The summed E-state index contributed by atoms with van der Waals surface area (Å²) in [7, 11) is 0. The molecule has 0 radical (unpaired) electrons. The second kappa shape index (κ2) is 6.54. The van der Waals surface area contributed by atoms with Crippen LogP contribution in [-0.2, 0) is 5.60 Å². The zero-order chi connectivity index (χ0) is 16.2. The number of aliphatic hydroxyl groups is 1. The van der Waals surface area contributed by atoms with Crippen molar-refractivity contribution < 1.29 is 14.8 Å². The van der Waals surface area contributed by atoms with E-state index in [9.17, 15) is 20.0 Å². The van der Waals surface area contributed by atoms with E-state index in [4.69, 9.17) is 0 Å². The standard InChI is InChI=1S/C14H15N3O4S/c1-14(19,10-6-7-22-8-10)9-15-13(18)16-11-2-4-12(5-3-11)17(20)21/h2-8,19H,9H2,1H3,(H2,15,16,18). The zero-order valence-corrected chi connectivity index (χ0v) is 12.6. The van der Waals surface area contributed by atoms with E-state index in [0.29, 0.717) is 5.69 Å². The minimum atomic E-state index is -1.16. The number of amides is 2. The Labute approximate surface area is 130 Å². The zero-order valence-electron chi connectivity index (χ0n) is 11.8. The summed E-state index contributed by atoms with van der Waals surface area (Å²) in [4.78, 5) is 21.8. The van der Waals surface area contributed by atoms with Gasteiger partial charge in [-0.2, -0.15) is 11.3 Å². The summed E-state index contributed by atoms with van der Waals surface area (Å²) in [5, 5.41) is 29.6. The van der Waals surface area contributed by atoms with Gasteiger partial charge in [0.2, 0.25) is 0 Å². The number of hydrogen-bond acceptors (Lipinski definition) is 5. The number of nitro groups is 1. The minimum Gasteiger partial charge on any atom is -0.384 e. The minimum absolute atomic E-state index is 0.0442. The number of nitro benzene ring substituents is 1. The molecule has 0 aliphatic rings. The van der Waals surface area contributed by atoms with Crippen molar-refractivity contribution >= 4 is 28.7 Å². The summed E-state index contributed by atoms with van der Waals surface area (Å²) in [5.74, 6) is 0. The fourth-order valence-electron chi connectivity index (χ4n) is 1.77. The Hall–Kier alpha value is -2.45. The normalized spacial score (nSPS) is 13.2. The van der Waals surface area contributed by atoms with Crippen molar-refractivity contribution in [3.8, 4) is 0 Å². The Morgan fingerprint density at radius 2 is 2.05 bits per heavy atom. The van der Waals surface area contributed by atoms with Crippen molar-refractivity contribution in [1.29, 1.82) is 0 Å². The van der Waals surface area contributed by atoms with Gasteiger partial charge in [-0.1, -0.05) is 0 Å². The van der Waals surface area contributed by atoms with E-state index >= 15 is 0 Å². The molecule has 1 aromatic heterocycles. The first kappa shape index (κ1) is 15.9. The van der Waals surface area contributed by atoms with Crippen LogP contribution in [0.15, 0.2) is 41.1 Å². The fourth-order valence-corrected chi connectivity index (χ4v) is 2.55. The highest BCUT2D eigenvalue weighted by atomic mass is 32.1. The van der Waals surface area contributed by atoms with E-state index in [2.05, 4.69) is 10.6 Å². The first-order chi connectivity index (χ1) is 10.4. The lowest BCUT2D eigenvalue weighted by Gasteiger charge is -2.22. The average Bonchev–Trinajstić information content (AvgIpc) is 3.01. The van der Waals surface area contributed by atoms with Gasteiger partial charge >= 0.3 is 6.03 Å². The van der Waals surface area contributed by atoms with Crippen LogP contribution in [0, 0.1) is 10.1 Å². The molecule has 0 saturated carbocycles. The molecular formula is C14H15N3O4S. The Balaban J connectivity index is 1.89. The molecule has 1 aromatic carbocycles. The van der Waals surface area contributed by atoms with Crippen LogP contribution in [0.5, 0.6) is 0 Å². The Morgan fingerprint density at radius 1 is 1.36 bits per heavy atom. The maximum absolute atomic E-state index is 11.8. The molecule has 1 unspecified atom stereocenters. The molecule has 0 aliphatic heterocycles. The van der Waals surface area contributed by atoms with Crippen LogP contribution in [0.25, 0.3) is 0 Å². The molecular weight excluding hydrogens is 306 g/mol. The van der Waals surface area contributed by atoms with E-state index in [1.54, 1.807) is 13.0 Å². The molecule has 3 N–H and O–H groups in total. The first-order valence-corrected chi connectivity index (χ1v) is 7.37.